The molecule has 0 saturated carbocycles. The Labute approximate surface area is 139 Å². The van der Waals surface area contributed by atoms with Crippen LogP contribution in [0.25, 0.3) is 0 Å². The van der Waals surface area contributed by atoms with Gasteiger partial charge in [0, 0.05) is 5.56 Å². The molecule has 2 amide bonds. The van der Waals surface area contributed by atoms with E-state index in [0.717, 1.165) is 5.56 Å². The summed E-state index contributed by atoms with van der Waals surface area (Å²) in [6, 6.07) is 10.2. The second-order valence-corrected chi connectivity index (χ2v) is 7.26. The van der Waals surface area contributed by atoms with E-state index >= 15 is 0 Å². The van der Waals surface area contributed by atoms with Gasteiger partial charge in [0.05, 0.1) is 10.9 Å². The first-order valence-electron chi connectivity index (χ1n) is 7.21. The molecule has 1 atom stereocenters. The minimum Gasteiger partial charge on any atom is -0.344 e. The van der Waals surface area contributed by atoms with Crippen molar-refractivity contribution < 1.29 is 14.8 Å². The summed E-state index contributed by atoms with van der Waals surface area (Å²) in [5, 5.41) is 13.6. The molecule has 6 heteroatoms. The molecule has 1 heterocycles. The van der Waals surface area contributed by atoms with Gasteiger partial charge in [0.1, 0.15) is 0 Å². The molecule has 23 heavy (non-hydrogen) atoms. The standard InChI is InChI=1S/C17H20N2O3S/c1-17(2,3)14(18-16(21)13-5-4-10-23-13)11-6-8-12(9-7-11)15(20)19-22/h4-10,14,22H,1-3H3,(H,18,21)(H,19,20). The Morgan fingerprint density at radius 3 is 2.22 bits per heavy atom. The van der Waals surface area contributed by atoms with Crippen LogP contribution in [0, 0.1) is 5.41 Å². The van der Waals surface area contributed by atoms with Gasteiger partial charge in [-0.25, -0.2) is 5.48 Å². The molecular formula is C17H20N2O3S. The number of hydrogen-bond donors (Lipinski definition) is 3. The largest absolute Gasteiger partial charge is 0.344 e. The highest BCUT2D eigenvalue weighted by molar-refractivity contribution is 7.12. The van der Waals surface area contributed by atoms with Crippen LogP contribution in [-0.2, 0) is 0 Å². The van der Waals surface area contributed by atoms with Crippen molar-refractivity contribution in [3.05, 3.63) is 57.8 Å². The van der Waals surface area contributed by atoms with Gasteiger partial charge in [0.2, 0.25) is 0 Å². The van der Waals surface area contributed by atoms with E-state index in [1.165, 1.54) is 11.3 Å². The first kappa shape index (κ1) is 17.2. The third kappa shape index (κ3) is 4.18. The number of carbonyl (C=O) groups is 2. The average molecular weight is 332 g/mol. The molecule has 0 saturated heterocycles. The van der Waals surface area contributed by atoms with Crippen LogP contribution in [0.2, 0.25) is 0 Å². The Morgan fingerprint density at radius 1 is 1.09 bits per heavy atom. The number of nitrogens with one attached hydrogen (secondary N) is 2. The molecule has 1 aromatic carbocycles. The zero-order chi connectivity index (χ0) is 17.0. The number of thiophene rings is 1. The van der Waals surface area contributed by atoms with E-state index in [1.807, 2.05) is 32.2 Å². The van der Waals surface area contributed by atoms with Crippen molar-refractivity contribution in [2.24, 2.45) is 5.41 Å². The van der Waals surface area contributed by atoms with Crippen molar-refractivity contribution in [3.8, 4) is 0 Å². The van der Waals surface area contributed by atoms with Crippen LogP contribution in [0.1, 0.15) is 52.4 Å². The van der Waals surface area contributed by atoms with Gasteiger partial charge in [-0.15, -0.1) is 11.3 Å². The molecule has 0 aliphatic rings. The monoisotopic (exact) mass is 332 g/mol. The van der Waals surface area contributed by atoms with E-state index in [4.69, 9.17) is 5.21 Å². The molecule has 0 aliphatic heterocycles. The number of carbonyl (C=O) groups excluding carboxylic acids is 2. The minimum absolute atomic E-state index is 0.114. The first-order chi connectivity index (χ1) is 10.8. The summed E-state index contributed by atoms with van der Waals surface area (Å²) < 4.78 is 0. The van der Waals surface area contributed by atoms with Crippen LogP contribution in [0.15, 0.2) is 41.8 Å². The quantitative estimate of drug-likeness (QED) is 0.593. The lowest BCUT2D eigenvalue weighted by molar-refractivity contribution is 0.0706. The van der Waals surface area contributed by atoms with Gasteiger partial charge in [0.25, 0.3) is 11.8 Å². The smallest absolute Gasteiger partial charge is 0.274 e. The van der Waals surface area contributed by atoms with Crippen LogP contribution in [0.3, 0.4) is 0 Å². The van der Waals surface area contributed by atoms with Crippen molar-refractivity contribution in [2.45, 2.75) is 26.8 Å². The molecule has 0 aliphatic carbocycles. The Hall–Kier alpha value is -2.18. The average Bonchev–Trinajstić information content (AvgIpc) is 3.05. The summed E-state index contributed by atoms with van der Waals surface area (Å²) in [6.07, 6.45) is 0. The van der Waals surface area contributed by atoms with Gasteiger partial charge < -0.3 is 5.32 Å². The summed E-state index contributed by atoms with van der Waals surface area (Å²) in [5.41, 5.74) is 2.66. The summed E-state index contributed by atoms with van der Waals surface area (Å²) in [4.78, 5) is 24.4. The van der Waals surface area contributed by atoms with Crippen LogP contribution in [0.5, 0.6) is 0 Å². The molecule has 1 aromatic heterocycles. The van der Waals surface area contributed by atoms with Crippen LogP contribution >= 0.6 is 11.3 Å². The predicted octanol–water partition coefficient (Wildman–Crippen LogP) is 3.38. The molecule has 3 N–H and O–H groups in total. The molecule has 2 aromatic rings. The van der Waals surface area contributed by atoms with E-state index < -0.39 is 5.91 Å². The van der Waals surface area contributed by atoms with Crippen molar-refractivity contribution in [2.75, 3.05) is 0 Å². The van der Waals surface area contributed by atoms with Crippen molar-refractivity contribution in [3.63, 3.8) is 0 Å². The number of rotatable bonds is 4. The number of amides is 2. The van der Waals surface area contributed by atoms with Crippen LogP contribution in [0.4, 0.5) is 0 Å². The number of hydrogen-bond acceptors (Lipinski definition) is 4. The normalized spacial score (nSPS) is 12.5. The first-order valence-corrected chi connectivity index (χ1v) is 8.09. The van der Waals surface area contributed by atoms with E-state index in [1.54, 1.807) is 35.8 Å². The summed E-state index contributed by atoms with van der Waals surface area (Å²) in [7, 11) is 0. The van der Waals surface area contributed by atoms with Crippen molar-refractivity contribution in [1.29, 1.82) is 0 Å². The van der Waals surface area contributed by atoms with E-state index in [0.29, 0.717) is 10.4 Å². The molecule has 2 rings (SSSR count). The Bertz CT molecular complexity index is 673. The molecular weight excluding hydrogens is 312 g/mol. The minimum atomic E-state index is -0.563. The van der Waals surface area contributed by atoms with Gasteiger partial charge in [-0.1, -0.05) is 39.0 Å². The van der Waals surface area contributed by atoms with Gasteiger partial charge in [-0.2, -0.15) is 0 Å². The van der Waals surface area contributed by atoms with Crippen molar-refractivity contribution in [1.82, 2.24) is 10.8 Å². The molecule has 0 fully saturated rings. The molecule has 0 bridgehead atoms. The molecule has 122 valence electrons. The highest BCUT2D eigenvalue weighted by Crippen LogP contribution is 2.33. The van der Waals surface area contributed by atoms with E-state index in [2.05, 4.69) is 5.32 Å². The van der Waals surface area contributed by atoms with E-state index in [-0.39, 0.29) is 17.4 Å². The van der Waals surface area contributed by atoms with Crippen molar-refractivity contribution >= 4 is 23.2 Å². The lowest BCUT2D eigenvalue weighted by atomic mass is 9.82. The number of hydroxylamine groups is 1. The lowest BCUT2D eigenvalue weighted by Crippen LogP contribution is -2.36. The Kier molecular flexibility index (Phi) is 5.18. The fraction of sp³-hybridized carbons (Fsp3) is 0.294. The molecule has 5 nitrogen and oxygen atoms in total. The van der Waals surface area contributed by atoms with E-state index in [9.17, 15) is 9.59 Å². The Balaban J connectivity index is 2.25. The maximum atomic E-state index is 12.4. The second kappa shape index (κ2) is 6.93. The van der Waals surface area contributed by atoms with Crippen LogP contribution in [-0.4, -0.2) is 17.0 Å². The highest BCUT2D eigenvalue weighted by Gasteiger charge is 2.28. The van der Waals surface area contributed by atoms with Crippen LogP contribution < -0.4 is 10.8 Å². The zero-order valence-corrected chi connectivity index (χ0v) is 14.1. The molecule has 1 unspecified atom stereocenters. The van der Waals surface area contributed by atoms with Gasteiger partial charge in [0.15, 0.2) is 0 Å². The van der Waals surface area contributed by atoms with Gasteiger partial charge in [-0.05, 0) is 34.6 Å². The topological polar surface area (TPSA) is 78.4 Å². The SMILES string of the molecule is CC(C)(C)C(NC(=O)c1cccs1)c1ccc(C(=O)NO)cc1. The highest BCUT2D eigenvalue weighted by atomic mass is 32.1. The summed E-state index contributed by atoms with van der Waals surface area (Å²) in [6.45, 7) is 6.13. The van der Waals surface area contributed by atoms with Gasteiger partial charge >= 0.3 is 0 Å². The fourth-order valence-electron chi connectivity index (χ4n) is 2.30. The van der Waals surface area contributed by atoms with Gasteiger partial charge in [-0.3, -0.25) is 14.8 Å². The summed E-state index contributed by atoms with van der Waals surface area (Å²) >= 11 is 1.40. The maximum Gasteiger partial charge on any atom is 0.274 e. The lowest BCUT2D eigenvalue weighted by Gasteiger charge is -2.32. The number of benzene rings is 1. The molecule has 0 spiro atoms. The Morgan fingerprint density at radius 2 is 1.74 bits per heavy atom. The zero-order valence-electron chi connectivity index (χ0n) is 13.3. The second-order valence-electron chi connectivity index (χ2n) is 6.31. The predicted molar refractivity (Wildman–Crippen MR) is 89.7 cm³/mol. The maximum absolute atomic E-state index is 12.4. The third-order valence-electron chi connectivity index (χ3n) is 3.49. The summed E-state index contributed by atoms with van der Waals surface area (Å²) in [5.74, 6) is -0.677. The third-order valence-corrected chi connectivity index (χ3v) is 4.36. The fourth-order valence-corrected chi connectivity index (χ4v) is 2.93. The molecule has 0 radical (unpaired) electrons.